The standard InChI is InChI=1S/C29H21ClFN3O5S/c1-39-28(37)22-13-20(10-11-23(22)30)32-26(35)16-34-27(36)25(40-29(34)38)12-18-15-33(24-5-3-2-4-21(18)24)14-17-6-8-19(31)9-7-17/h2-13,15H,14,16H2,1H3,(H,32,35)/b25-12-. The number of carbonyl (C=O) groups is 4. The van der Waals surface area contributed by atoms with Crippen LogP contribution in [-0.2, 0) is 20.9 Å². The zero-order valence-corrected chi connectivity index (χ0v) is 22.6. The number of rotatable bonds is 7. The topological polar surface area (TPSA) is 97.7 Å². The second-order valence-electron chi connectivity index (χ2n) is 8.86. The molecule has 1 aliphatic heterocycles. The highest BCUT2D eigenvalue weighted by atomic mass is 35.5. The number of thioether (sulfide) groups is 1. The number of anilines is 1. The Morgan fingerprint density at radius 3 is 2.58 bits per heavy atom. The lowest BCUT2D eigenvalue weighted by atomic mass is 10.1. The van der Waals surface area contributed by atoms with Gasteiger partial charge in [0, 0.05) is 34.9 Å². The highest BCUT2D eigenvalue weighted by Crippen LogP contribution is 2.34. The van der Waals surface area contributed by atoms with E-state index in [0.717, 1.165) is 38.7 Å². The van der Waals surface area contributed by atoms with Crippen molar-refractivity contribution in [3.8, 4) is 0 Å². The summed E-state index contributed by atoms with van der Waals surface area (Å²) in [5.74, 6) is -2.20. The van der Waals surface area contributed by atoms with Gasteiger partial charge in [-0.3, -0.25) is 19.3 Å². The van der Waals surface area contributed by atoms with Crippen molar-refractivity contribution < 1.29 is 28.3 Å². The van der Waals surface area contributed by atoms with Gasteiger partial charge < -0.3 is 14.6 Å². The van der Waals surface area contributed by atoms with E-state index in [4.69, 9.17) is 11.6 Å². The maximum atomic E-state index is 13.3. The molecule has 11 heteroatoms. The first-order valence-corrected chi connectivity index (χ1v) is 13.2. The van der Waals surface area contributed by atoms with Gasteiger partial charge in [0.1, 0.15) is 12.4 Å². The molecule has 0 atom stereocenters. The maximum Gasteiger partial charge on any atom is 0.339 e. The fourth-order valence-corrected chi connectivity index (χ4v) is 5.32. The number of nitrogens with zero attached hydrogens (tertiary/aromatic N) is 2. The summed E-state index contributed by atoms with van der Waals surface area (Å²) in [5.41, 5.74) is 2.86. The number of methoxy groups -OCH3 is 1. The van der Waals surface area contributed by atoms with E-state index < -0.39 is 29.6 Å². The van der Waals surface area contributed by atoms with E-state index >= 15 is 0 Å². The Morgan fingerprint density at radius 2 is 1.82 bits per heavy atom. The van der Waals surface area contributed by atoms with E-state index in [2.05, 4.69) is 10.1 Å². The SMILES string of the molecule is COC(=O)c1cc(NC(=O)CN2C(=O)S/C(=C\c3cn(Cc4ccc(F)cc4)c4ccccc34)C2=O)ccc1Cl. The Labute approximate surface area is 237 Å². The third-order valence-corrected chi connectivity index (χ3v) is 7.44. The van der Waals surface area contributed by atoms with Gasteiger partial charge in [0.25, 0.3) is 11.1 Å². The number of hydrogen-bond donors (Lipinski definition) is 1. The number of carbonyl (C=O) groups excluding carboxylic acids is 4. The summed E-state index contributed by atoms with van der Waals surface area (Å²) in [6, 6.07) is 18.1. The van der Waals surface area contributed by atoms with E-state index in [-0.39, 0.29) is 27.0 Å². The summed E-state index contributed by atoms with van der Waals surface area (Å²) in [4.78, 5) is 51.4. The summed E-state index contributed by atoms with van der Waals surface area (Å²) in [6.07, 6.45) is 3.50. The Bertz CT molecular complexity index is 1700. The van der Waals surface area contributed by atoms with E-state index in [9.17, 15) is 23.6 Å². The quantitative estimate of drug-likeness (QED) is 0.215. The molecule has 40 heavy (non-hydrogen) atoms. The van der Waals surface area contributed by atoms with E-state index in [1.54, 1.807) is 18.2 Å². The number of fused-ring (bicyclic) bond motifs is 1. The van der Waals surface area contributed by atoms with Gasteiger partial charge >= 0.3 is 5.97 Å². The first-order chi connectivity index (χ1) is 19.2. The highest BCUT2D eigenvalue weighted by Gasteiger charge is 2.36. The summed E-state index contributed by atoms with van der Waals surface area (Å²) in [5, 5.41) is 3.02. The predicted octanol–water partition coefficient (Wildman–Crippen LogP) is 5.94. The van der Waals surface area contributed by atoms with Crippen LogP contribution in [0.3, 0.4) is 0 Å². The van der Waals surface area contributed by atoms with E-state index in [1.165, 1.54) is 37.4 Å². The molecule has 1 saturated heterocycles. The Hall–Kier alpha value is -4.41. The van der Waals surface area contributed by atoms with E-state index in [1.807, 2.05) is 35.0 Å². The molecule has 3 amide bonds. The second kappa shape index (κ2) is 11.4. The molecular weight excluding hydrogens is 557 g/mol. The smallest absolute Gasteiger partial charge is 0.339 e. The molecule has 2 heterocycles. The van der Waals surface area contributed by atoms with Gasteiger partial charge in [0.05, 0.1) is 22.6 Å². The van der Waals surface area contributed by atoms with Gasteiger partial charge in [-0.15, -0.1) is 0 Å². The van der Waals surface area contributed by atoms with Crippen LogP contribution in [0.5, 0.6) is 0 Å². The van der Waals surface area contributed by atoms with Crippen molar-refractivity contribution in [1.82, 2.24) is 9.47 Å². The van der Waals surface area contributed by atoms with Crippen molar-refractivity contribution in [3.05, 3.63) is 105 Å². The lowest BCUT2D eigenvalue weighted by Crippen LogP contribution is -2.36. The number of para-hydroxylation sites is 1. The van der Waals surface area contributed by atoms with Gasteiger partial charge in [-0.2, -0.15) is 0 Å². The van der Waals surface area contributed by atoms with Crippen molar-refractivity contribution >= 4 is 69.1 Å². The first kappa shape index (κ1) is 27.2. The van der Waals surface area contributed by atoms with Crippen LogP contribution in [0.2, 0.25) is 5.02 Å². The van der Waals surface area contributed by atoms with Crippen molar-refractivity contribution in [2.24, 2.45) is 0 Å². The number of ether oxygens (including phenoxy) is 1. The predicted molar refractivity (Wildman–Crippen MR) is 152 cm³/mol. The first-order valence-electron chi connectivity index (χ1n) is 12.0. The molecule has 4 aromatic rings. The minimum absolute atomic E-state index is 0.0645. The molecule has 0 radical (unpaired) electrons. The van der Waals surface area contributed by atoms with Crippen LogP contribution < -0.4 is 5.32 Å². The van der Waals surface area contributed by atoms with Crippen molar-refractivity contribution in [2.45, 2.75) is 6.54 Å². The Kier molecular flexibility index (Phi) is 7.72. The second-order valence-corrected chi connectivity index (χ2v) is 10.3. The molecule has 1 aliphatic rings. The maximum absolute atomic E-state index is 13.3. The van der Waals surface area contributed by atoms with Crippen molar-refractivity contribution in [3.63, 3.8) is 0 Å². The fourth-order valence-electron chi connectivity index (χ4n) is 4.30. The third-order valence-electron chi connectivity index (χ3n) is 6.20. The van der Waals surface area contributed by atoms with Crippen LogP contribution in [0.1, 0.15) is 21.5 Å². The van der Waals surface area contributed by atoms with Gasteiger partial charge in [-0.05, 0) is 59.8 Å². The van der Waals surface area contributed by atoms with Crippen molar-refractivity contribution in [2.75, 3.05) is 19.0 Å². The van der Waals surface area contributed by atoms with E-state index in [0.29, 0.717) is 6.54 Å². The normalized spacial score (nSPS) is 14.3. The van der Waals surface area contributed by atoms with Gasteiger partial charge in [-0.25, -0.2) is 9.18 Å². The van der Waals surface area contributed by atoms with Crippen molar-refractivity contribution in [1.29, 1.82) is 0 Å². The van der Waals surface area contributed by atoms with Crippen LogP contribution in [0.4, 0.5) is 14.9 Å². The Balaban J connectivity index is 1.34. The zero-order chi connectivity index (χ0) is 28.4. The number of benzene rings is 3. The summed E-state index contributed by atoms with van der Waals surface area (Å²) >= 11 is 6.76. The zero-order valence-electron chi connectivity index (χ0n) is 21.0. The van der Waals surface area contributed by atoms with Gasteiger partial charge in [0.2, 0.25) is 5.91 Å². The molecule has 5 rings (SSSR count). The average molecular weight is 578 g/mol. The lowest BCUT2D eigenvalue weighted by Gasteiger charge is -2.13. The molecular formula is C29H21ClFN3O5S. The molecule has 8 nitrogen and oxygen atoms in total. The third kappa shape index (κ3) is 5.63. The molecule has 0 saturated carbocycles. The molecule has 3 aromatic carbocycles. The van der Waals surface area contributed by atoms with Crippen LogP contribution in [0.15, 0.2) is 77.8 Å². The fraction of sp³-hybridized carbons (Fsp3) is 0.103. The molecule has 0 bridgehead atoms. The molecule has 1 aromatic heterocycles. The minimum atomic E-state index is -0.670. The lowest BCUT2D eigenvalue weighted by molar-refractivity contribution is -0.127. The van der Waals surface area contributed by atoms with Crippen LogP contribution in [0, 0.1) is 5.82 Å². The number of amides is 3. The van der Waals surface area contributed by atoms with Crippen LogP contribution in [-0.4, -0.2) is 46.1 Å². The summed E-state index contributed by atoms with van der Waals surface area (Å²) in [6.45, 7) is -0.0246. The summed E-state index contributed by atoms with van der Waals surface area (Å²) < 4.78 is 20.0. The molecule has 202 valence electrons. The monoisotopic (exact) mass is 577 g/mol. The highest BCUT2D eigenvalue weighted by molar-refractivity contribution is 8.18. The number of halogens is 2. The largest absolute Gasteiger partial charge is 0.465 e. The van der Waals surface area contributed by atoms with Crippen LogP contribution in [0.25, 0.3) is 17.0 Å². The number of aromatic nitrogens is 1. The number of nitrogens with one attached hydrogen (secondary N) is 1. The molecule has 0 aliphatic carbocycles. The summed E-state index contributed by atoms with van der Waals surface area (Å²) in [7, 11) is 1.21. The minimum Gasteiger partial charge on any atom is -0.465 e. The average Bonchev–Trinajstić information content (AvgIpc) is 3.42. The van der Waals surface area contributed by atoms with Gasteiger partial charge in [-0.1, -0.05) is 41.9 Å². The van der Waals surface area contributed by atoms with Gasteiger partial charge in [0.15, 0.2) is 0 Å². The molecule has 1 N–H and O–H groups in total. The molecule has 0 unspecified atom stereocenters. The molecule has 0 spiro atoms. The molecule has 1 fully saturated rings. The number of imide groups is 1. The Morgan fingerprint density at radius 1 is 1.07 bits per heavy atom. The number of hydrogen-bond acceptors (Lipinski definition) is 6. The number of esters is 1. The van der Waals surface area contributed by atoms with Crippen LogP contribution >= 0.6 is 23.4 Å².